The molecule has 3 rings (SSSR count). The summed E-state index contributed by atoms with van der Waals surface area (Å²) in [6.07, 6.45) is -3.62. The fourth-order valence-corrected chi connectivity index (χ4v) is 2.65. The van der Waals surface area contributed by atoms with Gasteiger partial charge < -0.3 is 15.2 Å². The highest BCUT2D eigenvalue weighted by Gasteiger charge is 2.40. The Morgan fingerprint density at radius 3 is 2.50 bits per heavy atom. The number of aromatic carboxylic acids is 1. The van der Waals surface area contributed by atoms with Gasteiger partial charge in [0.25, 0.3) is 0 Å². The lowest BCUT2D eigenvalue weighted by atomic mass is 10.1. The number of alkyl halides is 3. The Hall–Kier alpha value is -2.88. The number of carbonyl (C=O) groups excluding carboxylic acids is 1. The SMILES string of the molecule is O=C(O)c1cnn(-c2ccc(NC(=O)C3CCOC3)cc2)c1C(F)(F)F. The van der Waals surface area contributed by atoms with Crippen LogP contribution in [-0.2, 0) is 15.7 Å². The van der Waals surface area contributed by atoms with E-state index in [0.717, 1.165) is 0 Å². The lowest BCUT2D eigenvalue weighted by Crippen LogP contribution is -2.22. The molecule has 10 heteroatoms. The van der Waals surface area contributed by atoms with E-state index in [0.29, 0.717) is 36.2 Å². The summed E-state index contributed by atoms with van der Waals surface area (Å²) in [5, 5.41) is 15.1. The number of amides is 1. The first-order valence-electron chi connectivity index (χ1n) is 7.65. The van der Waals surface area contributed by atoms with Crippen LogP contribution in [0.25, 0.3) is 5.69 Å². The summed E-state index contributed by atoms with van der Waals surface area (Å²) in [6, 6.07) is 5.47. The number of anilines is 1. The van der Waals surface area contributed by atoms with E-state index in [1.54, 1.807) is 0 Å². The minimum Gasteiger partial charge on any atom is -0.478 e. The Morgan fingerprint density at radius 1 is 1.27 bits per heavy atom. The summed E-state index contributed by atoms with van der Waals surface area (Å²) in [7, 11) is 0. The fraction of sp³-hybridized carbons (Fsp3) is 0.312. The van der Waals surface area contributed by atoms with Gasteiger partial charge >= 0.3 is 12.1 Å². The third-order valence-corrected chi connectivity index (χ3v) is 3.95. The number of benzene rings is 1. The van der Waals surface area contributed by atoms with Crippen LogP contribution < -0.4 is 5.32 Å². The van der Waals surface area contributed by atoms with Gasteiger partial charge in [0, 0.05) is 12.3 Å². The van der Waals surface area contributed by atoms with E-state index in [1.807, 2.05) is 0 Å². The molecule has 0 aliphatic carbocycles. The van der Waals surface area contributed by atoms with E-state index in [9.17, 15) is 22.8 Å². The first-order chi connectivity index (χ1) is 12.3. The molecule has 2 heterocycles. The monoisotopic (exact) mass is 369 g/mol. The van der Waals surface area contributed by atoms with Crippen LogP contribution in [0.4, 0.5) is 18.9 Å². The number of nitrogens with one attached hydrogen (secondary N) is 1. The van der Waals surface area contributed by atoms with Gasteiger partial charge in [-0.15, -0.1) is 0 Å². The highest BCUT2D eigenvalue weighted by atomic mass is 19.4. The summed E-state index contributed by atoms with van der Waals surface area (Å²) in [4.78, 5) is 23.0. The van der Waals surface area contributed by atoms with E-state index in [-0.39, 0.29) is 17.5 Å². The van der Waals surface area contributed by atoms with Gasteiger partial charge in [0.2, 0.25) is 5.91 Å². The molecule has 1 aliphatic rings. The van der Waals surface area contributed by atoms with Crippen molar-refractivity contribution in [2.45, 2.75) is 12.6 Å². The van der Waals surface area contributed by atoms with Crippen molar-refractivity contribution in [1.29, 1.82) is 0 Å². The van der Waals surface area contributed by atoms with Crippen LogP contribution in [0.1, 0.15) is 22.5 Å². The highest BCUT2D eigenvalue weighted by molar-refractivity contribution is 5.93. The summed E-state index contributed by atoms with van der Waals surface area (Å²) in [5.41, 5.74) is -1.88. The highest BCUT2D eigenvalue weighted by Crippen LogP contribution is 2.33. The van der Waals surface area contributed by atoms with Gasteiger partial charge in [-0.2, -0.15) is 18.3 Å². The van der Waals surface area contributed by atoms with Gasteiger partial charge in [-0.25, -0.2) is 9.48 Å². The second kappa shape index (κ2) is 6.79. The molecular formula is C16H14F3N3O4. The zero-order valence-corrected chi connectivity index (χ0v) is 13.3. The van der Waals surface area contributed by atoms with Crippen LogP contribution in [-0.4, -0.2) is 40.0 Å². The van der Waals surface area contributed by atoms with Crippen LogP contribution in [0.2, 0.25) is 0 Å². The molecule has 1 fully saturated rings. The Bertz CT molecular complexity index is 824. The summed E-state index contributed by atoms with van der Waals surface area (Å²) < 4.78 is 45.3. The van der Waals surface area contributed by atoms with Crippen LogP contribution in [0.3, 0.4) is 0 Å². The molecule has 138 valence electrons. The van der Waals surface area contributed by atoms with Crippen LogP contribution in [0.5, 0.6) is 0 Å². The Balaban J connectivity index is 1.85. The van der Waals surface area contributed by atoms with Gasteiger partial charge in [-0.3, -0.25) is 4.79 Å². The lowest BCUT2D eigenvalue weighted by molar-refractivity contribution is -0.143. The van der Waals surface area contributed by atoms with E-state index in [1.165, 1.54) is 24.3 Å². The third-order valence-electron chi connectivity index (χ3n) is 3.95. The van der Waals surface area contributed by atoms with Crippen LogP contribution in [0.15, 0.2) is 30.5 Å². The minimum absolute atomic E-state index is 0.0204. The second-order valence-electron chi connectivity index (χ2n) is 5.72. The Morgan fingerprint density at radius 2 is 1.96 bits per heavy atom. The fourth-order valence-electron chi connectivity index (χ4n) is 2.65. The lowest BCUT2D eigenvalue weighted by Gasteiger charge is -2.13. The van der Waals surface area contributed by atoms with Gasteiger partial charge in [-0.05, 0) is 30.7 Å². The molecule has 1 amide bonds. The van der Waals surface area contributed by atoms with Gasteiger partial charge in [0.1, 0.15) is 5.56 Å². The predicted molar refractivity (Wildman–Crippen MR) is 83.1 cm³/mol. The molecule has 1 aliphatic heterocycles. The van der Waals surface area contributed by atoms with E-state index in [2.05, 4.69) is 10.4 Å². The summed E-state index contributed by atoms with van der Waals surface area (Å²) >= 11 is 0. The van der Waals surface area contributed by atoms with Crippen molar-refractivity contribution in [3.63, 3.8) is 0 Å². The zero-order valence-electron chi connectivity index (χ0n) is 13.3. The molecule has 1 atom stereocenters. The van der Waals surface area contributed by atoms with Crippen LogP contribution >= 0.6 is 0 Å². The summed E-state index contributed by atoms with van der Waals surface area (Å²) in [6.45, 7) is 0.854. The van der Waals surface area contributed by atoms with E-state index < -0.39 is 23.4 Å². The van der Waals surface area contributed by atoms with E-state index in [4.69, 9.17) is 9.84 Å². The predicted octanol–water partition coefficient (Wildman–Crippen LogP) is 2.56. The molecule has 1 aromatic heterocycles. The number of carbonyl (C=O) groups is 2. The molecule has 1 saturated heterocycles. The number of rotatable bonds is 4. The first-order valence-corrected chi connectivity index (χ1v) is 7.65. The van der Waals surface area contributed by atoms with Gasteiger partial charge in [0.15, 0.2) is 5.69 Å². The molecule has 2 aromatic rings. The molecule has 1 aromatic carbocycles. The Labute approximate surface area is 145 Å². The second-order valence-corrected chi connectivity index (χ2v) is 5.72. The smallest absolute Gasteiger partial charge is 0.434 e. The largest absolute Gasteiger partial charge is 0.478 e. The number of hydrogen-bond acceptors (Lipinski definition) is 4. The van der Waals surface area contributed by atoms with Crippen molar-refractivity contribution >= 4 is 17.6 Å². The molecule has 0 spiro atoms. The van der Waals surface area contributed by atoms with Crippen molar-refractivity contribution in [1.82, 2.24) is 9.78 Å². The zero-order chi connectivity index (χ0) is 18.9. The van der Waals surface area contributed by atoms with Crippen molar-refractivity contribution in [2.75, 3.05) is 18.5 Å². The number of hydrogen-bond donors (Lipinski definition) is 2. The van der Waals surface area contributed by atoms with Crippen molar-refractivity contribution in [3.05, 3.63) is 41.7 Å². The maximum absolute atomic E-state index is 13.2. The average molecular weight is 369 g/mol. The molecule has 1 unspecified atom stereocenters. The quantitative estimate of drug-likeness (QED) is 0.864. The normalized spacial score (nSPS) is 17.3. The molecule has 0 radical (unpaired) electrons. The number of aromatic nitrogens is 2. The minimum atomic E-state index is -4.89. The van der Waals surface area contributed by atoms with Crippen molar-refractivity contribution in [2.24, 2.45) is 5.92 Å². The number of carboxylic acids is 1. The molecule has 7 nitrogen and oxygen atoms in total. The van der Waals surface area contributed by atoms with Crippen molar-refractivity contribution in [3.8, 4) is 5.69 Å². The average Bonchev–Trinajstić information content (AvgIpc) is 3.25. The maximum atomic E-state index is 13.2. The van der Waals surface area contributed by atoms with Crippen LogP contribution in [0, 0.1) is 5.92 Å². The molecule has 0 saturated carbocycles. The summed E-state index contributed by atoms with van der Waals surface area (Å²) in [5.74, 6) is -2.19. The van der Waals surface area contributed by atoms with Crippen molar-refractivity contribution < 1.29 is 32.6 Å². The van der Waals surface area contributed by atoms with Gasteiger partial charge in [-0.1, -0.05) is 0 Å². The number of ether oxygens (including phenoxy) is 1. The third kappa shape index (κ3) is 3.54. The van der Waals surface area contributed by atoms with Gasteiger partial charge in [0.05, 0.1) is 24.4 Å². The number of carboxylic acid groups (broad SMARTS) is 1. The van der Waals surface area contributed by atoms with E-state index >= 15 is 0 Å². The number of halogens is 3. The molecule has 26 heavy (non-hydrogen) atoms. The topological polar surface area (TPSA) is 93.5 Å². The number of nitrogens with zero attached hydrogens (tertiary/aromatic N) is 2. The first kappa shape index (κ1) is 17.9. The molecule has 2 N–H and O–H groups in total. The maximum Gasteiger partial charge on any atom is 0.434 e. The Kier molecular flexibility index (Phi) is 4.68. The molecule has 0 bridgehead atoms. The standard InChI is InChI=1S/C16H14F3N3O4/c17-16(18,19)13-12(15(24)25)7-20-22(13)11-3-1-10(2-4-11)21-14(23)9-5-6-26-8-9/h1-4,7,9H,5-6,8H2,(H,21,23)(H,24,25). The molecular weight excluding hydrogens is 355 g/mol.